The molecule has 1 heterocycles. The second kappa shape index (κ2) is 7.10. The first-order chi connectivity index (χ1) is 8.47. The Balaban J connectivity index is 2.62. The van der Waals surface area contributed by atoms with Crippen LogP contribution in [0, 0.1) is 11.8 Å². The van der Waals surface area contributed by atoms with Gasteiger partial charge in [-0.2, -0.15) is 0 Å². The quantitative estimate of drug-likeness (QED) is 0.797. The van der Waals surface area contributed by atoms with Crippen LogP contribution in [0.15, 0.2) is 0 Å². The molecule has 106 valence electrons. The number of hydrogen-bond donors (Lipinski definition) is 1. The first-order valence-electron chi connectivity index (χ1n) is 7.07. The average Bonchev–Trinajstić information content (AvgIpc) is 2.33. The topological polar surface area (TPSA) is 35.6 Å². The molecular weight excluding hydrogens is 226 g/mol. The molecule has 0 aliphatic carbocycles. The molecule has 1 aliphatic heterocycles. The van der Waals surface area contributed by atoms with E-state index in [-0.39, 0.29) is 5.92 Å². The smallest absolute Gasteiger partial charge is 0.227 e. The van der Waals surface area contributed by atoms with Crippen LogP contribution in [-0.2, 0) is 4.79 Å². The van der Waals surface area contributed by atoms with Crippen LogP contribution >= 0.6 is 0 Å². The predicted octanol–water partition coefficient (Wildman–Crippen LogP) is 1.03. The molecule has 1 saturated heterocycles. The lowest BCUT2D eigenvalue weighted by Crippen LogP contribution is -2.50. The first-order valence-corrected chi connectivity index (χ1v) is 7.07. The van der Waals surface area contributed by atoms with E-state index in [0.29, 0.717) is 17.9 Å². The third-order valence-electron chi connectivity index (χ3n) is 4.04. The fraction of sp³-hybridized carbons (Fsp3) is 0.929. The summed E-state index contributed by atoms with van der Waals surface area (Å²) in [5, 5.41) is 3.14. The lowest BCUT2D eigenvalue weighted by molar-refractivity contribution is -0.138. The van der Waals surface area contributed by atoms with Crippen LogP contribution in [0.3, 0.4) is 0 Å². The van der Waals surface area contributed by atoms with Gasteiger partial charge in [-0.25, -0.2) is 0 Å². The molecule has 4 nitrogen and oxygen atoms in total. The van der Waals surface area contributed by atoms with Crippen LogP contribution in [0.4, 0.5) is 0 Å². The van der Waals surface area contributed by atoms with Gasteiger partial charge in [0.2, 0.25) is 5.91 Å². The number of amides is 1. The van der Waals surface area contributed by atoms with Crippen molar-refractivity contribution in [1.29, 1.82) is 0 Å². The van der Waals surface area contributed by atoms with E-state index in [1.165, 1.54) is 6.42 Å². The van der Waals surface area contributed by atoms with Gasteiger partial charge in [-0.1, -0.05) is 13.8 Å². The zero-order valence-corrected chi connectivity index (χ0v) is 12.6. The Morgan fingerprint density at radius 2 is 2.17 bits per heavy atom. The van der Waals surface area contributed by atoms with Crippen LogP contribution in [0.25, 0.3) is 0 Å². The van der Waals surface area contributed by atoms with Crippen molar-refractivity contribution in [3.05, 3.63) is 0 Å². The fourth-order valence-corrected chi connectivity index (χ4v) is 2.72. The highest BCUT2D eigenvalue weighted by molar-refractivity contribution is 5.79. The van der Waals surface area contributed by atoms with E-state index in [1.54, 1.807) is 0 Å². The van der Waals surface area contributed by atoms with E-state index < -0.39 is 0 Å². The number of nitrogens with one attached hydrogen (secondary N) is 1. The highest BCUT2D eigenvalue weighted by atomic mass is 16.2. The van der Waals surface area contributed by atoms with Gasteiger partial charge in [0.1, 0.15) is 0 Å². The molecule has 4 heteroatoms. The van der Waals surface area contributed by atoms with E-state index in [0.717, 1.165) is 26.1 Å². The molecule has 0 aromatic heterocycles. The highest BCUT2D eigenvalue weighted by Gasteiger charge is 2.30. The van der Waals surface area contributed by atoms with Crippen molar-refractivity contribution in [3.8, 4) is 0 Å². The molecule has 2 unspecified atom stereocenters. The maximum absolute atomic E-state index is 12.5. The SMILES string of the molecule is CNCC(C(=O)N(C)C1CCCN(C)C1)C(C)C. The zero-order valence-electron chi connectivity index (χ0n) is 12.6. The van der Waals surface area contributed by atoms with Gasteiger partial charge in [-0.3, -0.25) is 4.79 Å². The number of hydrogen-bond acceptors (Lipinski definition) is 3. The molecule has 1 fully saturated rings. The number of nitrogens with zero attached hydrogens (tertiary/aromatic N) is 2. The van der Waals surface area contributed by atoms with E-state index in [2.05, 4.69) is 31.1 Å². The summed E-state index contributed by atoms with van der Waals surface area (Å²) in [5.74, 6) is 0.764. The molecular formula is C14H29N3O. The lowest BCUT2D eigenvalue weighted by Gasteiger charge is -2.38. The largest absolute Gasteiger partial charge is 0.341 e. The van der Waals surface area contributed by atoms with E-state index in [4.69, 9.17) is 0 Å². The molecule has 1 rings (SSSR count). The van der Waals surface area contributed by atoms with Crippen molar-refractivity contribution in [2.75, 3.05) is 40.8 Å². The highest BCUT2D eigenvalue weighted by Crippen LogP contribution is 2.19. The van der Waals surface area contributed by atoms with Crippen molar-refractivity contribution < 1.29 is 4.79 Å². The molecule has 18 heavy (non-hydrogen) atoms. The third kappa shape index (κ3) is 3.95. The van der Waals surface area contributed by atoms with Gasteiger partial charge in [-0.05, 0) is 39.4 Å². The molecule has 0 aromatic rings. The standard InChI is InChI=1S/C14H29N3O/c1-11(2)13(9-15-3)14(18)17(5)12-7-6-8-16(4)10-12/h11-13,15H,6-10H2,1-5H3. The summed E-state index contributed by atoms with van der Waals surface area (Å²) in [6.45, 7) is 7.18. The minimum atomic E-state index is 0.0900. The maximum Gasteiger partial charge on any atom is 0.227 e. The van der Waals surface area contributed by atoms with E-state index in [9.17, 15) is 4.79 Å². The van der Waals surface area contributed by atoms with Crippen LogP contribution in [0.1, 0.15) is 26.7 Å². The van der Waals surface area contributed by atoms with Gasteiger partial charge >= 0.3 is 0 Å². The van der Waals surface area contributed by atoms with Crippen LogP contribution < -0.4 is 5.32 Å². The minimum absolute atomic E-state index is 0.0900. The Morgan fingerprint density at radius 1 is 1.50 bits per heavy atom. The van der Waals surface area contributed by atoms with Crippen LogP contribution in [0.2, 0.25) is 0 Å². The van der Waals surface area contributed by atoms with Gasteiger partial charge in [0.05, 0.1) is 5.92 Å². The molecule has 0 bridgehead atoms. The summed E-state index contributed by atoms with van der Waals surface area (Å²) >= 11 is 0. The number of likely N-dealkylation sites (N-methyl/N-ethyl adjacent to an activating group) is 2. The van der Waals surface area contributed by atoms with Crippen molar-refractivity contribution in [2.24, 2.45) is 11.8 Å². The normalized spacial score (nSPS) is 23.1. The zero-order chi connectivity index (χ0) is 13.7. The number of carbonyl (C=O) groups excluding carboxylic acids is 1. The van der Waals surface area contributed by atoms with Gasteiger partial charge in [-0.15, -0.1) is 0 Å². The molecule has 1 aliphatic rings. The summed E-state index contributed by atoms with van der Waals surface area (Å²) < 4.78 is 0. The Hall–Kier alpha value is -0.610. The van der Waals surface area contributed by atoms with Gasteiger partial charge < -0.3 is 15.1 Å². The number of piperidine rings is 1. The monoisotopic (exact) mass is 255 g/mol. The summed E-state index contributed by atoms with van der Waals surface area (Å²) in [6, 6.07) is 0.384. The Bertz CT molecular complexity index is 268. The minimum Gasteiger partial charge on any atom is -0.341 e. The van der Waals surface area contributed by atoms with Crippen molar-refractivity contribution in [3.63, 3.8) is 0 Å². The number of carbonyl (C=O) groups is 1. The number of rotatable bonds is 5. The van der Waals surface area contributed by atoms with Crippen molar-refractivity contribution in [1.82, 2.24) is 15.1 Å². The second-order valence-electron chi connectivity index (χ2n) is 5.92. The van der Waals surface area contributed by atoms with Gasteiger partial charge in [0.15, 0.2) is 0 Å². The second-order valence-corrected chi connectivity index (χ2v) is 5.92. The van der Waals surface area contributed by atoms with Crippen molar-refractivity contribution in [2.45, 2.75) is 32.7 Å². The molecule has 1 N–H and O–H groups in total. The predicted molar refractivity (Wildman–Crippen MR) is 75.5 cm³/mol. The Kier molecular flexibility index (Phi) is 6.09. The maximum atomic E-state index is 12.5. The van der Waals surface area contributed by atoms with Crippen LogP contribution in [-0.4, -0.2) is 62.5 Å². The summed E-state index contributed by atoms with van der Waals surface area (Å²) in [6.07, 6.45) is 2.33. The van der Waals surface area contributed by atoms with Gasteiger partial charge in [0, 0.05) is 26.2 Å². The van der Waals surface area contributed by atoms with E-state index >= 15 is 0 Å². The van der Waals surface area contributed by atoms with Gasteiger partial charge in [0.25, 0.3) is 0 Å². The number of likely N-dealkylation sites (tertiary alicyclic amines) is 1. The average molecular weight is 255 g/mol. The van der Waals surface area contributed by atoms with Crippen LogP contribution in [0.5, 0.6) is 0 Å². The van der Waals surface area contributed by atoms with Crippen molar-refractivity contribution >= 4 is 5.91 Å². The molecule has 0 saturated carbocycles. The fourth-order valence-electron chi connectivity index (χ4n) is 2.72. The van der Waals surface area contributed by atoms with E-state index in [1.807, 2.05) is 19.0 Å². The first kappa shape index (κ1) is 15.4. The summed E-state index contributed by atoms with van der Waals surface area (Å²) in [5.41, 5.74) is 0. The third-order valence-corrected chi connectivity index (χ3v) is 4.04. The summed E-state index contributed by atoms with van der Waals surface area (Å²) in [7, 11) is 6.02. The Morgan fingerprint density at radius 3 is 2.67 bits per heavy atom. The Labute approximate surface area is 112 Å². The molecule has 2 atom stereocenters. The molecule has 0 radical (unpaired) electrons. The summed E-state index contributed by atoms with van der Waals surface area (Å²) in [4.78, 5) is 16.9. The molecule has 0 aromatic carbocycles. The molecule has 0 spiro atoms. The molecule has 1 amide bonds. The lowest BCUT2D eigenvalue weighted by atomic mass is 9.93.